The zero-order valence-corrected chi connectivity index (χ0v) is 13.9. The van der Waals surface area contributed by atoms with Crippen LogP contribution in [0.4, 0.5) is 4.39 Å². The first-order valence-electron chi connectivity index (χ1n) is 7.75. The van der Waals surface area contributed by atoms with Gasteiger partial charge in [0.15, 0.2) is 5.76 Å². The quantitative estimate of drug-likeness (QED) is 0.712. The van der Waals surface area contributed by atoms with Crippen molar-refractivity contribution in [2.24, 2.45) is 0 Å². The van der Waals surface area contributed by atoms with Crippen molar-refractivity contribution in [3.8, 4) is 11.3 Å². The molecule has 0 aliphatic rings. The van der Waals surface area contributed by atoms with Crippen LogP contribution in [0.5, 0.6) is 0 Å². The fraction of sp³-hybridized carbons (Fsp3) is 0.105. The van der Waals surface area contributed by atoms with E-state index >= 15 is 0 Å². The number of nitrogens with zero attached hydrogens (tertiary/aromatic N) is 1. The largest absolute Gasteiger partial charge is 0.465 e. The zero-order valence-electron chi connectivity index (χ0n) is 13.9. The number of halogens is 1. The molecule has 0 saturated heterocycles. The summed E-state index contributed by atoms with van der Waals surface area (Å²) in [6.07, 6.45) is 0. The van der Waals surface area contributed by atoms with Crippen LogP contribution in [0.1, 0.15) is 26.4 Å². The topological polar surface area (TPSA) is 81.4 Å². The van der Waals surface area contributed by atoms with Crippen molar-refractivity contribution in [1.29, 1.82) is 0 Å². The Morgan fingerprint density at radius 2 is 1.73 bits per heavy atom. The minimum absolute atomic E-state index is 0.169. The molecule has 1 N–H and O–H groups in total. The lowest BCUT2D eigenvalue weighted by Crippen LogP contribution is -2.23. The monoisotopic (exact) mass is 354 g/mol. The summed E-state index contributed by atoms with van der Waals surface area (Å²) in [5.74, 6) is -0.628. The smallest absolute Gasteiger partial charge is 0.337 e. The zero-order chi connectivity index (χ0) is 18.5. The molecule has 0 unspecified atom stereocenters. The van der Waals surface area contributed by atoms with Gasteiger partial charge < -0.3 is 14.6 Å². The highest BCUT2D eigenvalue weighted by Crippen LogP contribution is 2.20. The van der Waals surface area contributed by atoms with E-state index in [2.05, 4.69) is 15.2 Å². The standard InChI is InChI=1S/C19H15FN2O4/c1-25-19(24)14-4-2-13(3-5-14)18(23)21-11-16-10-17(26-22-16)12-6-8-15(20)9-7-12/h2-10H,11H2,1H3,(H,21,23). The number of benzene rings is 2. The van der Waals surface area contributed by atoms with Crippen LogP contribution in [0.25, 0.3) is 11.3 Å². The van der Waals surface area contributed by atoms with Crippen LogP contribution >= 0.6 is 0 Å². The summed E-state index contributed by atoms with van der Waals surface area (Å²) in [5.41, 5.74) is 1.99. The number of hydrogen-bond acceptors (Lipinski definition) is 5. The van der Waals surface area contributed by atoms with Gasteiger partial charge >= 0.3 is 5.97 Å². The van der Waals surface area contributed by atoms with Gasteiger partial charge in [-0.3, -0.25) is 4.79 Å². The molecule has 26 heavy (non-hydrogen) atoms. The Balaban J connectivity index is 1.61. The Labute approximate surface area is 148 Å². The molecule has 1 heterocycles. The minimum Gasteiger partial charge on any atom is -0.465 e. The van der Waals surface area contributed by atoms with Gasteiger partial charge in [0.1, 0.15) is 11.5 Å². The number of ether oxygens (including phenoxy) is 1. The van der Waals surface area contributed by atoms with E-state index in [1.165, 1.54) is 43.5 Å². The van der Waals surface area contributed by atoms with E-state index in [-0.39, 0.29) is 18.3 Å². The van der Waals surface area contributed by atoms with Gasteiger partial charge in [-0.15, -0.1) is 0 Å². The molecule has 1 aromatic heterocycles. The molecule has 0 bridgehead atoms. The maximum absolute atomic E-state index is 12.9. The molecule has 3 aromatic rings. The third-order valence-electron chi connectivity index (χ3n) is 3.69. The van der Waals surface area contributed by atoms with Gasteiger partial charge in [0.25, 0.3) is 5.91 Å². The van der Waals surface area contributed by atoms with Gasteiger partial charge in [-0.25, -0.2) is 9.18 Å². The predicted octanol–water partition coefficient (Wildman–Crippen LogP) is 3.20. The van der Waals surface area contributed by atoms with Crippen LogP contribution in [0.2, 0.25) is 0 Å². The predicted molar refractivity (Wildman–Crippen MR) is 90.8 cm³/mol. The Kier molecular flexibility index (Phi) is 5.07. The van der Waals surface area contributed by atoms with E-state index in [0.29, 0.717) is 28.1 Å². The Hall–Kier alpha value is -3.48. The van der Waals surface area contributed by atoms with Crippen molar-refractivity contribution < 1.29 is 23.2 Å². The van der Waals surface area contributed by atoms with E-state index < -0.39 is 5.97 Å². The van der Waals surface area contributed by atoms with Crippen molar-refractivity contribution in [3.63, 3.8) is 0 Å². The molecule has 132 valence electrons. The van der Waals surface area contributed by atoms with Crippen molar-refractivity contribution in [1.82, 2.24) is 10.5 Å². The van der Waals surface area contributed by atoms with Crippen LogP contribution in [-0.2, 0) is 11.3 Å². The molecule has 0 saturated carbocycles. The molecule has 0 radical (unpaired) electrons. The highest BCUT2D eigenvalue weighted by atomic mass is 19.1. The first-order valence-corrected chi connectivity index (χ1v) is 7.75. The molecule has 0 aliphatic heterocycles. The van der Waals surface area contributed by atoms with Crippen LogP contribution in [0.15, 0.2) is 59.1 Å². The number of rotatable bonds is 5. The van der Waals surface area contributed by atoms with Crippen LogP contribution < -0.4 is 5.32 Å². The average Bonchev–Trinajstić information content (AvgIpc) is 3.15. The second-order valence-corrected chi connectivity index (χ2v) is 5.44. The SMILES string of the molecule is COC(=O)c1ccc(C(=O)NCc2cc(-c3ccc(F)cc3)on2)cc1. The van der Waals surface area contributed by atoms with Gasteiger partial charge in [0, 0.05) is 17.2 Å². The highest BCUT2D eigenvalue weighted by Gasteiger charge is 2.11. The van der Waals surface area contributed by atoms with Gasteiger partial charge in [-0.1, -0.05) is 5.16 Å². The second-order valence-electron chi connectivity index (χ2n) is 5.44. The summed E-state index contributed by atoms with van der Waals surface area (Å²) in [4.78, 5) is 23.5. The van der Waals surface area contributed by atoms with Gasteiger partial charge in [0.2, 0.25) is 0 Å². The number of nitrogens with one attached hydrogen (secondary N) is 1. The Morgan fingerprint density at radius 1 is 1.08 bits per heavy atom. The van der Waals surface area contributed by atoms with Gasteiger partial charge in [-0.2, -0.15) is 0 Å². The average molecular weight is 354 g/mol. The van der Waals surface area contributed by atoms with Gasteiger partial charge in [-0.05, 0) is 48.5 Å². The minimum atomic E-state index is -0.465. The fourth-order valence-electron chi connectivity index (χ4n) is 2.29. The lowest BCUT2D eigenvalue weighted by Gasteiger charge is -2.04. The van der Waals surface area contributed by atoms with E-state index in [9.17, 15) is 14.0 Å². The van der Waals surface area contributed by atoms with E-state index in [1.54, 1.807) is 18.2 Å². The number of amides is 1. The summed E-state index contributed by atoms with van der Waals surface area (Å²) in [5, 5.41) is 6.60. The number of carbonyl (C=O) groups excluding carboxylic acids is 2. The molecule has 3 rings (SSSR count). The van der Waals surface area contributed by atoms with Crippen LogP contribution in [-0.4, -0.2) is 24.1 Å². The third-order valence-corrected chi connectivity index (χ3v) is 3.69. The maximum Gasteiger partial charge on any atom is 0.337 e. The molecule has 0 aliphatic carbocycles. The summed E-state index contributed by atoms with van der Waals surface area (Å²) < 4.78 is 22.8. The van der Waals surface area contributed by atoms with Gasteiger partial charge in [0.05, 0.1) is 19.2 Å². The number of aromatic nitrogens is 1. The lowest BCUT2D eigenvalue weighted by molar-refractivity contribution is 0.0600. The van der Waals surface area contributed by atoms with Crippen molar-refractivity contribution in [2.45, 2.75) is 6.54 Å². The maximum atomic E-state index is 12.9. The lowest BCUT2D eigenvalue weighted by atomic mass is 10.1. The molecule has 0 spiro atoms. The molecule has 1 amide bonds. The van der Waals surface area contributed by atoms with E-state index in [0.717, 1.165) is 0 Å². The summed E-state index contributed by atoms with van der Waals surface area (Å²) in [6.45, 7) is 0.169. The van der Waals surface area contributed by atoms with Crippen molar-refractivity contribution in [2.75, 3.05) is 7.11 Å². The molecule has 6 nitrogen and oxygen atoms in total. The molecular formula is C19H15FN2O4. The van der Waals surface area contributed by atoms with E-state index in [4.69, 9.17) is 4.52 Å². The summed E-state index contributed by atoms with van der Waals surface area (Å²) in [6, 6.07) is 13.6. The molecule has 2 aromatic carbocycles. The number of hydrogen-bond donors (Lipinski definition) is 1. The van der Waals surface area contributed by atoms with Crippen molar-refractivity contribution >= 4 is 11.9 Å². The first-order chi connectivity index (χ1) is 12.6. The highest BCUT2D eigenvalue weighted by molar-refractivity contribution is 5.96. The van der Waals surface area contributed by atoms with Crippen molar-refractivity contribution in [3.05, 3.63) is 77.2 Å². The number of methoxy groups -OCH3 is 1. The molecule has 7 heteroatoms. The molecule has 0 atom stereocenters. The normalized spacial score (nSPS) is 10.4. The van der Waals surface area contributed by atoms with Crippen LogP contribution in [0, 0.1) is 5.82 Å². The molecular weight excluding hydrogens is 339 g/mol. The Morgan fingerprint density at radius 3 is 2.38 bits per heavy atom. The first kappa shape index (κ1) is 17.3. The summed E-state index contributed by atoms with van der Waals surface area (Å²) >= 11 is 0. The Bertz CT molecular complexity index is 917. The molecule has 0 fully saturated rings. The third kappa shape index (κ3) is 3.94. The summed E-state index contributed by atoms with van der Waals surface area (Å²) in [7, 11) is 1.29. The number of carbonyl (C=O) groups is 2. The van der Waals surface area contributed by atoms with E-state index in [1.807, 2.05) is 0 Å². The fourth-order valence-corrected chi connectivity index (χ4v) is 2.29. The van der Waals surface area contributed by atoms with Crippen LogP contribution in [0.3, 0.4) is 0 Å². The second kappa shape index (κ2) is 7.60. The number of esters is 1.